The maximum Gasteiger partial charge on any atom is 0.143 e. The van der Waals surface area contributed by atoms with Gasteiger partial charge in [-0.2, -0.15) is 0 Å². The molecule has 0 amide bonds. The van der Waals surface area contributed by atoms with E-state index in [2.05, 4.69) is 121 Å². The van der Waals surface area contributed by atoms with E-state index < -0.39 is 0 Å². The number of benzene rings is 6. The summed E-state index contributed by atoms with van der Waals surface area (Å²) in [7, 11) is 0. The number of rotatable bonds is 2. The molecule has 0 bridgehead atoms. The standard InChI is InChI=1S/C36H20OS/c1-2-13-32-26(10-1)27-16-14-25(20-33(27)38-32)23-9-3-8-22(18-23)24-15-17-28-31(19-24)37-36-30-12-5-7-21-6-4-11-29(34(21)30)35(28)36/h1-20H. The fourth-order valence-electron chi connectivity index (χ4n) is 6.26. The van der Waals surface area contributed by atoms with Gasteiger partial charge in [0.15, 0.2) is 0 Å². The van der Waals surface area contributed by atoms with Crippen molar-refractivity contribution >= 4 is 53.3 Å². The highest BCUT2D eigenvalue weighted by molar-refractivity contribution is 7.25. The van der Waals surface area contributed by atoms with Crippen LogP contribution in [0.1, 0.15) is 0 Å². The number of fused-ring (bicyclic) bond motifs is 8. The highest BCUT2D eigenvalue weighted by atomic mass is 32.1. The molecular weight excluding hydrogens is 480 g/mol. The van der Waals surface area contributed by atoms with Crippen molar-refractivity contribution in [2.24, 2.45) is 0 Å². The molecule has 0 atom stereocenters. The van der Waals surface area contributed by atoms with Gasteiger partial charge in [0, 0.05) is 42.1 Å². The second-order valence-electron chi connectivity index (χ2n) is 10.1. The van der Waals surface area contributed by atoms with Crippen LogP contribution in [0.4, 0.5) is 0 Å². The lowest BCUT2D eigenvalue weighted by Gasteiger charge is -2.07. The van der Waals surface area contributed by atoms with Crippen molar-refractivity contribution in [1.82, 2.24) is 0 Å². The van der Waals surface area contributed by atoms with Gasteiger partial charge in [-0.05, 0) is 63.5 Å². The number of hydrogen-bond acceptors (Lipinski definition) is 2. The van der Waals surface area contributed by atoms with Crippen molar-refractivity contribution in [3.05, 3.63) is 121 Å². The quantitative estimate of drug-likeness (QED) is 0.230. The van der Waals surface area contributed by atoms with Crippen LogP contribution in [0.25, 0.3) is 86.6 Å². The summed E-state index contributed by atoms with van der Waals surface area (Å²) >= 11 is 1.86. The van der Waals surface area contributed by atoms with E-state index in [4.69, 9.17) is 4.42 Å². The summed E-state index contributed by atoms with van der Waals surface area (Å²) in [6.45, 7) is 0. The molecule has 0 fully saturated rings. The van der Waals surface area contributed by atoms with E-state index in [9.17, 15) is 0 Å². The molecule has 0 spiro atoms. The van der Waals surface area contributed by atoms with Crippen LogP contribution in [0.3, 0.4) is 0 Å². The number of thiophene rings is 1. The van der Waals surface area contributed by atoms with Crippen LogP contribution in [0.2, 0.25) is 0 Å². The molecule has 9 rings (SSSR count). The molecule has 0 saturated carbocycles. The third-order valence-corrected chi connectivity index (χ3v) is 9.15. The first-order valence-electron chi connectivity index (χ1n) is 12.9. The van der Waals surface area contributed by atoms with Gasteiger partial charge in [-0.1, -0.05) is 91.0 Å². The van der Waals surface area contributed by atoms with Crippen LogP contribution in [0, 0.1) is 0 Å². The van der Waals surface area contributed by atoms with Crippen molar-refractivity contribution < 1.29 is 4.42 Å². The minimum Gasteiger partial charge on any atom is -0.455 e. The van der Waals surface area contributed by atoms with E-state index in [0.717, 1.165) is 11.3 Å². The van der Waals surface area contributed by atoms with E-state index in [1.54, 1.807) is 0 Å². The minimum atomic E-state index is 0.941. The van der Waals surface area contributed by atoms with Gasteiger partial charge in [-0.15, -0.1) is 11.3 Å². The number of hydrogen-bond donors (Lipinski definition) is 0. The first kappa shape index (κ1) is 20.4. The molecule has 1 nitrogen and oxygen atoms in total. The van der Waals surface area contributed by atoms with Gasteiger partial charge in [-0.3, -0.25) is 0 Å². The molecule has 0 aliphatic heterocycles. The minimum absolute atomic E-state index is 0.941. The van der Waals surface area contributed by atoms with Crippen LogP contribution in [0.5, 0.6) is 0 Å². The van der Waals surface area contributed by atoms with Gasteiger partial charge < -0.3 is 4.42 Å². The second-order valence-corrected chi connectivity index (χ2v) is 11.2. The van der Waals surface area contributed by atoms with Gasteiger partial charge in [0.05, 0.1) is 0 Å². The Hall–Kier alpha value is -4.66. The Morgan fingerprint density at radius 2 is 1.16 bits per heavy atom. The molecular formula is C36H20OS. The van der Waals surface area contributed by atoms with Crippen LogP contribution in [-0.4, -0.2) is 0 Å². The average molecular weight is 501 g/mol. The molecule has 176 valence electrons. The third-order valence-electron chi connectivity index (χ3n) is 8.02. The summed E-state index contributed by atoms with van der Waals surface area (Å²) in [6.07, 6.45) is 0. The van der Waals surface area contributed by atoms with Gasteiger partial charge in [0.1, 0.15) is 11.3 Å². The monoisotopic (exact) mass is 500 g/mol. The van der Waals surface area contributed by atoms with Crippen molar-refractivity contribution in [1.29, 1.82) is 0 Å². The fourth-order valence-corrected chi connectivity index (χ4v) is 7.40. The lowest BCUT2D eigenvalue weighted by atomic mass is 9.97. The Labute approximate surface area is 223 Å². The number of furan rings is 1. The summed E-state index contributed by atoms with van der Waals surface area (Å²) in [4.78, 5) is 0. The van der Waals surface area contributed by atoms with E-state index in [0.29, 0.717) is 0 Å². The fraction of sp³-hybridized carbons (Fsp3) is 0. The summed E-state index contributed by atoms with van der Waals surface area (Å²) in [6, 6.07) is 44.0. The second kappa shape index (κ2) is 7.44. The Balaban J connectivity index is 1.15. The molecule has 0 N–H and O–H groups in total. The van der Waals surface area contributed by atoms with E-state index >= 15 is 0 Å². The Morgan fingerprint density at radius 1 is 0.474 bits per heavy atom. The predicted octanol–water partition coefficient (Wildman–Crippen LogP) is 10.9. The van der Waals surface area contributed by atoms with Gasteiger partial charge in [-0.25, -0.2) is 0 Å². The zero-order valence-electron chi connectivity index (χ0n) is 20.4. The summed E-state index contributed by atoms with van der Waals surface area (Å²) < 4.78 is 9.21. The van der Waals surface area contributed by atoms with Gasteiger partial charge >= 0.3 is 0 Å². The van der Waals surface area contributed by atoms with E-state index in [-0.39, 0.29) is 0 Å². The summed E-state index contributed by atoms with van der Waals surface area (Å²) in [5, 5.41) is 6.42. The van der Waals surface area contributed by atoms with Crippen molar-refractivity contribution in [3.63, 3.8) is 0 Å². The molecule has 0 unspecified atom stereocenters. The van der Waals surface area contributed by atoms with Crippen LogP contribution < -0.4 is 0 Å². The summed E-state index contributed by atoms with van der Waals surface area (Å²) in [5.74, 6) is 0.995. The largest absolute Gasteiger partial charge is 0.455 e. The normalized spacial score (nSPS) is 12.2. The van der Waals surface area contributed by atoms with Crippen LogP contribution in [-0.2, 0) is 0 Å². The van der Waals surface area contributed by atoms with Crippen molar-refractivity contribution in [3.8, 4) is 44.7 Å². The third kappa shape index (κ3) is 2.75. The van der Waals surface area contributed by atoms with Crippen LogP contribution >= 0.6 is 11.3 Å². The molecule has 0 saturated heterocycles. The first-order chi connectivity index (χ1) is 18.8. The molecule has 6 aromatic carbocycles. The Morgan fingerprint density at radius 3 is 2.03 bits per heavy atom. The highest BCUT2D eigenvalue weighted by Gasteiger charge is 2.27. The molecule has 2 heteroatoms. The van der Waals surface area contributed by atoms with Gasteiger partial charge in [0.25, 0.3) is 0 Å². The van der Waals surface area contributed by atoms with E-state index in [1.807, 2.05) is 11.3 Å². The Kier molecular flexibility index (Phi) is 3.99. The molecule has 38 heavy (non-hydrogen) atoms. The zero-order chi connectivity index (χ0) is 24.8. The molecule has 1 aliphatic carbocycles. The molecule has 1 aliphatic rings. The lowest BCUT2D eigenvalue weighted by Crippen LogP contribution is -1.82. The van der Waals surface area contributed by atoms with E-state index in [1.165, 1.54) is 75.3 Å². The topological polar surface area (TPSA) is 13.1 Å². The molecule has 2 heterocycles. The molecule has 2 aromatic heterocycles. The maximum atomic E-state index is 6.54. The van der Waals surface area contributed by atoms with Crippen molar-refractivity contribution in [2.45, 2.75) is 0 Å². The smallest absolute Gasteiger partial charge is 0.143 e. The van der Waals surface area contributed by atoms with Crippen LogP contribution in [0.15, 0.2) is 126 Å². The van der Waals surface area contributed by atoms with Gasteiger partial charge in [0.2, 0.25) is 0 Å². The first-order valence-corrected chi connectivity index (χ1v) is 13.7. The Bertz CT molecular complexity index is 2240. The summed E-state index contributed by atoms with van der Waals surface area (Å²) in [5.41, 5.74) is 9.47. The highest BCUT2D eigenvalue weighted by Crippen LogP contribution is 2.52. The average Bonchev–Trinajstić information content (AvgIpc) is 3.63. The lowest BCUT2D eigenvalue weighted by molar-refractivity contribution is 0.634. The zero-order valence-corrected chi connectivity index (χ0v) is 21.2. The SMILES string of the molecule is c1cc(-c2ccc3c4c(oc3c2)-c2cccc3cccc-4c23)cc(-c2ccc3c(c2)sc2ccccc23)c1. The molecule has 8 aromatic rings. The molecule has 0 radical (unpaired) electrons. The maximum absolute atomic E-state index is 6.54. The van der Waals surface area contributed by atoms with Crippen molar-refractivity contribution in [2.75, 3.05) is 0 Å². The predicted molar refractivity (Wildman–Crippen MR) is 162 cm³/mol.